The van der Waals surface area contributed by atoms with E-state index in [0.717, 1.165) is 22.0 Å². The predicted octanol–water partition coefficient (Wildman–Crippen LogP) is 1.68. The van der Waals surface area contributed by atoms with E-state index in [4.69, 9.17) is 5.73 Å². The molecule has 1 aromatic carbocycles. The lowest BCUT2D eigenvalue weighted by Gasteiger charge is -2.11. The van der Waals surface area contributed by atoms with E-state index < -0.39 is 6.04 Å². The number of nitrogens with one attached hydrogen (secondary N) is 3. The van der Waals surface area contributed by atoms with Crippen molar-refractivity contribution in [3.05, 3.63) is 60.0 Å². The largest absolute Gasteiger partial charge is 0.367 e. The fraction of sp³-hybridized carbons (Fsp3) is 0.188. The number of fused-ring (bicyclic) bond motifs is 1. The summed E-state index contributed by atoms with van der Waals surface area (Å²) in [7, 11) is 0. The maximum Gasteiger partial charge on any atom is 0.237 e. The minimum Gasteiger partial charge on any atom is -0.367 e. The molecule has 21 heavy (non-hydrogen) atoms. The molecule has 0 unspecified atom stereocenters. The Kier molecular flexibility index (Phi) is 3.75. The van der Waals surface area contributed by atoms with Crippen LogP contribution in [-0.2, 0) is 17.8 Å². The molecule has 0 fully saturated rings. The Morgan fingerprint density at radius 3 is 2.90 bits per heavy atom. The van der Waals surface area contributed by atoms with E-state index in [9.17, 15) is 4.79 Å². The first-order chi connectivity index (χ1) is 10.2. The smallest absolute Gasteiger partial charge is 0.237 e. The van der Waals surface area contributed by atoms with Gasteiger partial charge < -0.3 is 21.0 Å². The summed E-state index contributed by atoms with van der Waals surface area (Å²) in [6, 6.07) is 9.37. The van der Waals surface area contributed by atoms with Gasteiger partial charge in [-0.05, 0) is 29.7 Å². The fourth-order valence-electron chi connectivity index (χ4n) is 2.42. The van der Waals surface area contributed by atoms with Crippen molar-refractivity contribution < 1.29 is 4.79 Å². The number of H-pyrrole nitrogens is 2. The van der Waals surface area contributed by atoms with Crippen LogP contribution < -0.4 is 11.1 Å². The van der Waals surface area contributed by atoms with Gasteiger partial charge in [0.15, 0.2) is 0 Å². The van der Waals surface area contributed by atoms with Gasteiger partial charge in [0.1, 0.15) is 0 Å². The first-order valence-electron chi connectivity index (χ1n) is 6.94. The molecule has 108 valence electrons. The molecular weight excluding hydrogens is 264 g/mol. The van der Waals surface area contributed by atoms with Gasteiger partial charge >= 0.3 is 0 Å². The van der Waals surface area contributed by atoms with Crippen molar-refractivity contribution in [1.82, 2.24) is 15.3 Å². The average molecular weight is 282 g/mol. The number of benzene rings is 1. The van der Waals surface area contributed by atoms with Crippen LogP contribution in [0, 0.1) is 0 Å². The summed E-state index contributed by atoms with van der Waals surface area (Å²) in [6.45, 7) is 0.490. The molecule has 0 saturated heterocycles. The van der Waals surface area contributed by atoms with Crippen LogP contribution in [0.5, 0.6) is 0 Å². The number of carbonyl (C=O) groups excluding carboxylic acids is 1. The molecule has 0 aliphatic heterocycles. The third-order valence-electron chi connectivity index (χ3n) is 3.58. The second-order valence-corrected chi connectivity index (χ2v) is 5.11. The molecule has 0 aliphatic rings. The Bertz CT molecular complexity index is 730. The van der Waals surface area contributed by atoms with Crippen molar-refractivity contribution in [2.45, 2.75) is 19.0 Å². The summed E-state index contributed by atoms with van der Waals surface area (Å²) in [5.74, 6) is -0.138. The van der Waals surface area contributed by atoms with Crippen LogP contribution in [0.3, 0.4) is 0 Å². The molecule has 5 heteroatoms. The van der Waals surface area contributed by atoms with E-state index in [2.05, 4.69) is 15.3 Å². The summed E-state index contributed by atoms with van der Waals surface area (Å²) in [4.78, 5) is 18.2. The van der Waals surface area contributed by atoms with Crippen LogP contribution in [0.1, 0.15) is 11.1 Å². The summed E-state index contributed by atoms with van der Waals surface area (Å²) in [6.07, 6.45) is 6.12. The molecule has 0 saturated carbocycles. The van der Waals surface area contributed by atoms with Gasteiger partial charge in [-0.25, -0.2) is 0 Å². The van der Waals surface area contributed by atoms with Gasteiger partial charge in [-0.1, -0.05) is 18.2 Å². The van der Waals surface area contributed by atoms with Gasteiger partial charge in [-0.15, -0.1) is 0 Å². The molecule has 0 bridgehead atoms. The number of hydrogen-bond donors (Lipinski definition) is 4. The van der Waals surface area contributed by atoms with E-state index in [1.807, 2.05) is 48.9 Å². The summed E-state index contributed by atoms with van der Waals surface area (Å²) in [5, 5.41) is 3.97. The highest BCUT2D eigenvalue weighted by Crippen LogP contribution is 2.18. The summed E-state index contributed by atoms with van der Waals surface area (Å²) < 4.78 is 0. The number of aromatic amines is 2. The maximum atomic E-state index is 12.0. The topological polar surface area (TPSA) is 86.7 Å². The maximum absolute atomic E-state index is 12.0. The Morgan fingerprint density at radius 2 is 2.10 bits per heavy atom. The lowest BCUT2D eigenvalue weighted by atomic mass is 10.1. The lowest BCUT2D eigenvalue weighted by Crippen LogP contribution is -2.41. The van der Waals surface area contributed by atoms with Crippen molar-refractivity contribution >= 4 is 16.8 Å². The van der Waals surface area contributed by atoms with E-state index in [-0.39, 0.29) is 5.91 Å². The van der Waals surface area contributed by atoms with E-state index >= 15 is 0 Å². The Labute approximate surface area is 122 Å². The molecule has 3 aromatic rings. The standard InChI is InChI=1S/C16H18N4O/c17-14(16(21)20-9-11-5-6-18-8-11)7-12-10-19-15-4-2-1-3-13(12)15/h1-6,8,10,14,18-19H,7,9,17H2,(H,20,21)/t14-/m0/s1. The molecule has 5 nitrogen and oxygen atoms in total. The molecule has 0 aliphatic carbocycles. The zero-order valence-electron chi connectivity index (χ0n) is 11.6. The average Bonchev–Trinajstić information content (AvgIpc) is 3.15. The highest BCUT2D eigenvalue weighted by molar-refractivity contribution is 5.86. The summed E-state index contributed by atoms with van der Waals surface area (Å²) >= 11 is 0. The molecule has 0 spiro atoms. The number of hydrogen-bond acceptors (Lipinski definition) is 2. The van der Waals surface area contributed by atoms with Gasteiger partial charge in [-0.3, -0.25) is 4.79 Å². The second-order valence-electron chi connectivity index (χ2n) is 5.11. The number of carbonyl (C=O) groups is 1. The first kappa shape index (κ1) is 13.5. The third-order valence-corrected chi connectivity index (χ3v) is 3.58. The zero-order chi connectivity index (χ0) is 14.7. The van der Waals surface area contributed by atoms with Crippen LogP contribution in [0.2, 0.25) is 0 Å². The zero-order valence-corrected chi connectivity index (χ0v) is 11.6. The van der Waals surface area contributed by atoms with Crippen molar-refractivity contribution in [2.24, 2.45) is 5.73 Å². The third kappa shape index (κ3) is 2.98. The van der Waals surface area contributed by atoms with Crippen molar-refractivity contribution in [2.75, 3.05) is 0 Å². The molecule has 2 heterocycles. The van der Waals surface area contributed by atoms with Crippen molar-refractivity contribution in [1.29, 1.82) is 0 Å². The molecule has 2 aromatic heterocycles. The first-order valence-corrected chi connectivity index (χ1v) is 6.94. The Hall–Kier alpha value is -2.53. The van der Waals surface area contributed by atoms with E-state index in [1.54, 1.807) is 0 Å². The molecule has 5 N–H and O–H groups in total. The normalized spacial score (nSPS) is 12.4. The predicted molar refractivity (Wildman–Crippen MR) is 82.6 cm³/mol. The minimum absolute atomic E-state index is 0.138. The minimum atomic E-state index is -0.553. The van der Waals surface area contributed by atoms with Gasteiger partial charge in [0.2, 0.25) is 5.91 Å². The molecular formula is C16H18N4O. The quantitative estimate of drug-likeness (QED) is 0.574. The number of para-hydroxylation sites is 1. The van der Waals surface area contributed by atoms with Crippen LogP contribution in [0.25, 0.3) is 10.9 Å². The molecule has 1 amide bonds. The Morgan fingerprint density at radius 1 is 1.24 bits per heavy atom. The number of aromatic nitrogens is 2. The number of nitrogens with two attached hydrogens (primary N) is 1. The fourth-order valence-corrected chi connectivity index (χ4v) is 2.42. The van der Waals surface area contributed by atoms with E-state index in [1.165, 1.54) is 0 Å². The summed E-state index contributed by atoms with van der Waals surface area (Å²) in [5.41, 5.74) is 9.16. The van der Waals surface area contributed by atoms with Crippen molar-refractivity contribution in [3.63, 3.8) is 0 Å². The van der Waals surface area contributed by atoms with Crippen molar-refractivity contribution in [3.8, 4) is 0 Å². The highest BCUT2D eigenvalue weighted by atomic mass is 16.2. The molecule has 3 rings (SSSR count). The Balaban J connectivity index is 1.62. The van der Waals surface area contributed by atoms with Gasteiger partial charge in [0.25, 0.3) is 0 Å². The monoisotopic (exact) mass is 282 g/mol. The molecule has 1 atom stereocenters. The number of rotatable bonds is 5. The van der Waals surface area contributed by atoms with Gasteiger partial charge in [0, 0.05) is 36.0 Å². The van der Waals surface area contributed by atoms with Crippen LogP contribution in [-0.4, -0.2) is 21.9 Å². The van der Waals surface area contributed by atoms with E-state index in [0.29, 0.717) is 13.0 Å². The van der Waals surface area contributed by atoms with Gasteiger partial charge in [0.05, 0.1) is 6.04 Å². The second kappa shape index (κ2) is 5.85. The van der Waals surface area contributed by atoms with Crippen LogP contribution in [0.15, 0.2) is 48.9 Å². The van der Waals surface area contributed by atoms with Crippen LogP contribution >= 0.6 is 0 Å². The lowest BCUT2D eigenvalue weighted by molar-refractivity contribution is -0.122. The van der Waals surface area contributed by atoms with Crippen LogP contribution in [0.4, 0.5) is 0 Å². The number of amides is 1. The van der Waals surface area contributed by atoms with Gasteiger partial charge in [-0.2, -0.15) is 0 Å². The highest BCUT2D eigenvalue weighted by Gasteiger charge is 2.15. The molecule has 0 radical (unpaired) electrons. The SMILES string of the molecule is N[C@@H](Cc1c[nH]c2ccccc12)C(=O)NCc1cc[nH]c1.